The number of nitrogen functional groups attached to an aromatic ring is 1. The summed E-state index contributed by atoms with van der Waals surface area (Å²) in [4.78, 5) is 41.6. The lowest BCUT2D eigenvalue weighted by Gasteiger charge is -2.25. The smallest absolute Gasteiger partial charge is 0.251 e. The van der Waals surface area contributed by atoms with Crippen LogP contribution >= 0.6 is 11.3 Å². The Morgan fingerprint density at radius 2 is 1.89 bits per heavy atom. The zero-order valence-electron chi connectivity index (χ0n) is 24.8. The van der Waals surface area contributed by atoms with Crippen molar-refractivity contribution in [2.24, 2.45) is 5.73 Å². The third-order valence-corrected chi connectivity index (χ3v) is 9.48. The highest BCUT2D eigenvalue weighted by Crippen LogP contribution is 2.48. The lowest BCUT2D eigenvalue weighted by atomic mass is 9.82. The van der Waals surface area contributed by atoms with E-state index in [0.717, 1.165) is 21.6 Å². The molecule has 2 heterocycles. The number of aliphatic hydroxyl groups excluding tert-OH is 1. The molecule has 10 nitrogen and oxygen atoms in total. The predicted molar refractivity (Wildman–Crippen MR) is 165 cm³/mol. The van der Waals surface area contributed by atoms with Crippen LogP contribution in [0.1, 0.15) is 58.2 Å². The number of ether oxygens (including phenoxy) is 1. The van der Waals surface area contributed by atoms with Gasteiger partial charge in [0.1, 0.15) is 11.9 Å². The first-order valence-corrected chi connectivity index (χ1v) is 15.1. The molecular formula is C32H36FN5O5S. The number of rotatable bonds is 10. The molecule has 232 valence electrons. The monoisotopic (exact) mass is 621 g/mol. The van der Waals surface area contributed by atoms with E-state index in [1.54, 1.807) is 17.5 Å². The van der Waals surface area contributed by atoms with Gasteiger partial charge in [-0.15, -0.1) is 11.3 Å². The molecule has 3 aromatic rings. The number of benzene rings is 2. The maximum absolute atomic E-state index is 15.7. The summed E-state index contributed by atoms with van der Waals surface area (Å²) < 4.78 is 20.7. The van der Waals surface area contributed by atoms with Crippen LogP contribution in [0.3, 0.4) is 0 Å². The number of amides is 3. The Kier molecular flexibility index (Phi) is 8.61. The lowest BCUT2D eigenvalue weighted by molar-refractivity contribution is -0.138. The van der Waals surface area contributed by atoms with E-state index in [1.807, 2.05) is 30.3 Å². The quantitative estimate of drug-likeness (QED) is 0.173. The van der Waals surface area contributed by atoms with Crippen molar-refractivity contribution in [3.8, 4) is 11.1 Å². The molecule has 1 saturated heterocycles. The van der Waals surface area contributed by atoms with E-state index >= 15 is 4.39 Å². The second kappa shape index (κ2) is 12.1. The number of hydrogen-bond donors (Lipinski definition) is 5. The molecule has 5 rings (SSSR count). The summed E-state index contributed by atoms with van der Waals surface area (Å²) in [6.07, 6.45) is -0.312. The van der Waals surface area contributed by atoms with Gasteiger partial charge < -0.3 is 31.1 Å². The van der Waals surface area contributed by atoms with E-state index < -0.39 is 55.2 Å². The summed E-state index contributed by atoms with van der Waals surface area (Å²) in [5.41, 5.74) is 8.48. The number of carbonyl (C=O) groups excluding carboxylic acids is 3. The van der Waals surface area contributed by atoms with Gasteiger partial charge in [-0.3, -0.25) is 19.8 Å². The summed E-state index contributed by atoms with van der Waals surface area (Å²) in [5.74, 6) is -1.90. The third kappa shape index (κ3) is 5.84. The molecule has 2 aliphatic rings. The number of nitrogens with zero attached hydrogens (tertiary/aromatic N) is 1. The number of halogens is 1. The van der Waals surface area contributed by atoms with Gasteiger partial charge >= 0.3 is 0 Å². The van der Waals surface area contributed by atoms with Crippen molar-refractivity contribution in [1.82, 2.24) is 15.5 Å². The van der Waals surface area contributed by atoms with Crippen LogP contribution in [0.25, 0.3) is 11.1 Å². The average molecular weight is 622 g/mol. The van der Waals surface area contributed by atoms with Crippen molar-refractivity contribution in [1.29, 1.82) is 5.41 Å². The van der Waals surface area contributed by atoms with Crippen LogP contribution in [0.15, 0.2) is 53.9 Å². The number of nitrogens with one attached hydrogen (secondary N) is 3. The van der Waals surface area contributed by atoms with Crippen LogP contribution in [-0.4, -0.2) is 78.7 Å². The van der Waals surface area contributed by atoms with Crippen molar-refractivity contribution < 1.29 is 28.6 Å². The molecule has 1 fully saturated rings. The van der Waals surface area contributed by atoms with E-state index in [1.165, 1.54) is 24.0 Å². The van der Waals surface area contributed by atoms with Gasteiger partial charge in [-0.1, -0.05) is 44.2 Å². The molecule has 2 aromatic carbocycles. The van der Waals surface area contributed by atoms with Crippen molar-refractivity contribution in [2.75, 3.05) is 33.4 Å². The Morgan fingerprint density at radius 1 is 1.16 bits per heavy atom. The largest absolute Gasteiger partial charge is 0.394 e. The van der Waals surface area contributed by atoms with Crippen LogP contribution in [0.5, 0.6) is 0 Å². The van der Waals surface area contributed by atoms with Gasteiger partial charge in [0, 0.05) is 40.3 Å². The molecule has 1 aliphatic heterocycles. The normalized spacial score (nSPS) is 20.5. The van der Waals surface area contributed by atoms with E-state index in [-0.39, 0.29) is 24.3 Å². The number of likely N-dealkylation sites (tertiary alicyclic amines) is 1. The van der Waals surface area contributed by atoms with Crippen LogP contribution < -0.4 is 16.4 Å². The summed E-state index contributed by atoms with van der Waals surface area (Å²) in [5, 5.41) is 24.5. The molecule has 3 amide bonds. The minimum absolute atomic E-state index is 0.152. The van der Waals surface area contributed by atoms with Crippen LogP contribution in [0.2, 0.25) is 0 Å². The first-order valence-electron chi connectivity index (χ1n) is 14.2. The topological polar surface area (TPSA) is 158 Å². The van der Waals surface area contributed by atoms with Gasteiger partial charge in [-0.25, -0.2) is 4.39 Å². The minimum Gasteiger partial charge on any atom is -0.394 e. The van der Waals surface area contributed by atoms with Gasteiger partial charge in [0.05, 0.1) is 32.3 Å². The number of aliphatic hydroxyl groups is 1. The van der Waals surface area contributed by atoms with Crippen LogP contribution in [-0.2, 0) is 19.7 Å². The fraction of sp³-hybridized carbons (Fsp3) is 0.375. The molecule has 1 aromatic heterocycles. The van der Waals surface area contributed by atoms with Crippen LogP contribution in [0.4, 0.5) is 4.39 Å². The number of methoxy groups -OCH3 is 1. The second-order valence-corrected chi connectivity index (χ2v) is 12.8. The standard InChI is InChI=1S/C32H36FN5O5S/c1-31(2)22-7-5-4-6-20(22)21-10-18(8-9-23(21)31)29(41)36-13-27(40)38-16-32(33,17-43-3)12-25(38)30(42)37-24(14-39)26-11-19(15-44-26)28(34)35/h4-11,15,24-25,39H,12-14,16-17H2,1-3H3,(H3,34,35)(H,36,41)(H,37,42)/t24?,25-,32+/m0/s1. The molecule has 44 heavy (non-hydrogen) atoms. The van der Waals surface area contributed by atoms with Crippen molar-refractivity contribution >= 4 is 34.9 Å². The average Bonchev–Trinajstić information content (AvgIpc) is 3.69. The number of fused-ring (bicyclic) bond motifs is 3. The summed E-state index contributed by atoms with van der Waals surface area (Å²) in [6, 6.07) is 13.1. The Hall–Kier alpha value is -4.13. The SMILES string of the molecule is COC[C@@]1(F)C[C@@H](C(=O)NC(CO)c2cc(C(=N)N)cs2)N(C(=O)CNC(=O)c2ccc3c(c2)-c2ccccc2C3(C)C)C1. The number of amidine groups is 1. The fourth-order valence-corrected chi connectivity index (χ4v) is 7.12. The summed E-state index contributed by atoms with van der Waals surface area (Å²) in [6.45, 7) is 2.66. The first-order chi connectivity index (χ1) is 20.9. The Labute approximate surface area is 258 Å². The van der Waals surface area contributed by atoms with Crippen molar-refractivity contribution in [3.05, 3.63) is 81.0 Å². The molecule has 1 aliphatic carbocycles. The highest BCUT2D eigenvalue weighted by atomic mass is 32.1. The van der Waals surface area contributed by atoms with Gasteiger partial charge in [0.2, 0.25) is 11.8 Å². The highest BCUT2D eigenvalue weighted by molar-refractivity contribution is 7.10. The zero-order chi connectivity index (χ0) is 31.8. The molecule has 0 bridgehead atoms. The minimum atomic E-state index is -1.98. The molecule has 1 unspecified atom stereocenters. The second-order valence-electron chi connectivity index (χ2n) is 11.8. The van der Waals surface area contributed by atoms with Gasteiger partial charge in [0.15, 0.2) is 5.67 Å². The van der Waals surface area contributed by atoms with Crippen LogP contribution in [0, 0.1) is 5.41 Å². The molecule has 6 N–H and O–H groups in total. The third-order valence-electron chi connectivity index (χ3n) is 8.43. The molecule has 0 radical (unpaired) electrons. The fourth-order valence-electron chi connectivity index (χ4n) is 6.17. The molecular weight excluding hydrogens is 585 g/mol. The Morgan fingerprint density at radius 3 is 2.57 bits per heavy atom. The number of carbonyl (C=O) groups is 3. The first kappa shape index (κ1) is 31.3. The Balaban J connectivity index is 1.29. The zero-order valence-corrected chi connectivity index (χ0v) is 25.6. The van der Waals surface area contributed by atoms with Crippen molar-refractivity contribution in [3.63, 3.8) is 0 Å². The van der Waals surface area contributed by atoms with Gasteiger partial charge in [0.25, 0.3) is 5.91 Å². The van der Waals surface area contributed by atoms with E-state index in [9.17, 15) is 19.5 Å². The number of thiophene rings is 1. The summed E-state index contributed by atoms with van der Waals surface area (Å²) in [7, 11) is 1.34. The van der Waals surface area contributed by atoms with E-state index in [2.05, 4.69) is 30.5 Å². The van der Waals surface area contributed by atoms with Gasteiger partial charge in [-0.05, 0) is 40.5 Å². The van der Waals surface area contributed by atoms with Gasteiger partial charge in [-0.2, -0.15) is 0 Å². The van der Waals surface area contributed by atoms with Crippen molar-refractivity contribution in [2.45, 2.75) is 43.4 Å². The predicted octanol–water partition coefficient (Wildman–Crippen LogP) is 2.87. The maximum atomic E-state index is 15.7. The maximum Gasteiger partial charge on any atom is 0.251 e. The molecule has 12 heteroatoms. The molecule has 0 saturated carbocycles. The number of alkyl halides is 1. The highest BCUT2D eigenvalue weighted by Gasteiger charge is 2.49. The molecule has 3 atom stereocenters. The van der Waals surface area contributed by atoms with E-state index in [0.29, 0.717) is 16.0 Å². The summed E-state index contributed by atoms with van der Waals surface area (Å²) >= 11 is 1.21. The van der Waals surface area contributed by atoms with E-state index in [4.69, 9.17) is 15.9 Å². The Bertz CT molecular complexity index is 1620. The number of hydrogen-bond acceptors (Lipinski definition) is 7. The lowest BCUT2D eigenvalue weighted by Crippen LogP contribution is -2.50. The number of nitrogens with two attached hydrogens (primary N) is 1. The molecule has 0 spiro atoms.